The molecule has 2 unspecified atom stereocenters. The van der Waals surface area contributed by atoms with Gasteiger partial charge in [-0.3, -0.25) is 4.21 Å². The van der Waals surface area contributed by atoms with Crippen molar-refractivity contribution in [1.82, 2.24) is 4.98 Å². The first-order valence-electron chi connectivity index (χ1n) is 11.4. The van der Waals surface area contributed by atoms with Gasteiger partial charge in [-0.2, -0.15) is 5.26 Å². The van der Waals surface area contributed by atoms with Gasteiger partial charge < -0.3 is 19.9 Å². The number of methoxy groups -OCH3 is 1. The Labute approximate surface area is 220 Å². The van der Waals surface area contributed by atoms with Crippen molar-refractivity contribution in [3.8, 4) is 6.07 Å². The van der Waals surface area contributed by atoms with Gasteiger partial charge in [-0.1, -0.05) is 30.8 Å². The number of pyridine rings is 1. The fourth-order valence-corrected chi connectivity index (χ4v) is 4.60. The molecule has 3 aromatic rings. The molecule has 2 atom stereocenters. The molecule has 0 bridgehead atoms. The first kappa shape index (κ1) is 28.1. The molecule has 0 fully saturated rings. The summed E-state index contributed by atoms with van der Waals surface area (Å²) in [6, 6.07) is 12.5. The zero-order valence-electron chi connectivity index (χ0n) is 20.6. The highest BCUT2D eigenvalue weighted by atomic mass is 32.2. The Kier molecular flexibility index (Phi) is 10.4. The first-order chi connectivity index (χ1) is 17.9. The molecule has 0 aliphatic rings. The van der Waals surface area contributed by atoms with E-state index in [1.54, 1.807) is 38.3 Å². The summed E-state index contributed by atoms with van der Waals surface area (Å²) in [6.07, 6.45) is 0.729. The lowest BCUT2D eigenvalue weighted by Crippen LogP contribution is -2.14. The molecule has 3 N–H and O–H groups in total. The molecule has 0 aliphatic heterocycles. The number of fused-ring (bicyclic) bond motifs is 1. The van der Waals surface area contributed by atoms with Crippen LogP contribution < -0.4 is 10.6 Å². The van der Waals surface area contributed by atoms with E-state index in [0.717, 1.165) is 6.42 Å². The maximum atomic E-state index is 11.8. The number of nitrogens with zero attached hydrogens (tertiary/aromatic N) is 4. The van der Waals surface area contributed by atoms with Gasteiger partial charge in [0.25, 0.3) is 0 Å². The minimum Gasteiger partial charge on any atom is -0.385 e. The van der Waals surface area contributed by atoms with Crippen LogP contribution >= 0.6 is 0 Å². The van der Waals surface area contributed by atoms with Crippen LogP contribution in [0.4, 0.5) is 23.0 Å². The summed E-state index contributed by atoms with van der Waals surface area (Å²) >= 11 is -2.15. The van der Waals surface area contributed by atoms with E-state index in [2.05, 4.69) is 38.5 Å². The summed E-state index contributed by atoms with van der Waals surface area (Å²) in [5, 5.41) is 27.7. The summed E-state index contributed by atoms with van der Waals surface area (Å²) in [5.41, 5.74) is 1.76. The van der Waals surface area contributed by atoms with Gasteiger partial charge in [-0.15, -0.1) is 10.2 Å². The zero-order valence-corrected chi connectivity index (χ0v) is 22.2. The second-order valence-electron chi connectivity index (χ2n) is 7.80. The van der Waals surface area contributed by atoms with Crippen molar-refractivity contribution in [2.45, 2.75) is 18.2 Å². The average Bonchev–Trinajstić information content (AvgIpc) is 2.90. The molecule has 3 rings (SSSR count). The molecule has 0 saturated heterocycles. The van der Waals surface area contributed by atoms with E-state index in [1.807, 2.05) is 6.07 Å². The van der Waals surface area contributed by atoms with Crippen molar-refractivity contribution in [3.63, 3.8) is 0 Å². The zero-order chi connectivity index (χ0) is 26.8. The highest BCUT2D eigenvalue weighted by molar-refractivity contribution is 7.87. The average molecular weight is 541 g/mol. The van der Waals surface area contributed by atoms with Crippen LogP contribution in [0.3, 0.4) is 0 Å². The number of rotatable bonds is 13. The van der Waals surface area contributed by atoms with E-state index in [0.29, 0.717) is 70.4 Å². The van der Waals surface area contributed by atoms with Crippen molar-refractivity contribution in [1.29, 1.82) is 5.26 Å². The fraction of sp³-hybridized carbons (Fsp3) is 0.280. The van der Waals surface area contributed by atoms with Gasteiger partial charge >= 0.3 is 0 Å². The molecule has 2 aromatic carbocycles. The number of ether oxygens (including phenoxy) is 1. The third-order valence-corrected chi connectivity index (χ3v) is 7.14. The number of hydrogen-bond acceptors (Lipinski definition) is 9. The number of aromatic nitrogens is 1. The molecule has 37 heavy (non-hydrogen) atoms. The van der Waals surface area contributed by atoms with Crippen LogP contribution in [0.2, 0.25) is 0 Å². The van der Waals surface area contributed by atoms with Crippen molar-refractivity contribution >= 4 is 55.7 Å². The molecule has 1 aromatic heterocycles. The second-order valence-corrected chi connectivity index (χ2v) is 10.2. The summed E-state index contributed by atoms with van der Waals surface area (Å²) in [5.74, 6) is 1.11. The number of nitrogens with one attached hydrogen (secondary N) is 2. The van der Waals surface area contributed by atoms with E-state index >= 15 is 0 Å². The third-order valence-electron chi connectivity index (χ3n) is 5.43. The van der Waals surface area contributed by atoms with Gasteiger partial charge in [0.2, 0.25) is 0 Å². The maximum absolute atomic E-state index is 11.8. The van der Waals surface area contributed by atoms with E-state index < -0.39 is 21.9 Å². The third kappa shape index (κ3) is 7.05. The minimum absolute atomic E-state index is 0.278. The van der Waals surface area contributed by atoms with Gasteiger partial charge in [0.15, 0.2) is 16.9 Å². The van der Waals surface area contributed by atoms with Crippen LogP contribution in [0.15, 0.2) is 63.5 Å². The quantitative estimate of drug-likeness (QED) is 0.153. The Balaban J connectivity index is 2.05. The number of anilines is 2. The fourth-order valence-electron chi connectivity index (χ4n) is 3.58. The summed E-state index contributed by atoms with van der Waals surface area (Å²) in [6.45, 7) is 6.76. The predicted molar refractivity (Wildman–Crippen MR) is 148 cm³/mol. The SMILES string of the molecule is C=CS(=O)CCNc1nc(NCCCOC)c(C#N)c(C)c1N=Nc1ccc(S(=O)O)c2ccccc12. The van der Waals surface area contributed by atoms with Crippen LogP contribution in [0.5, 0.6) is 0 Å². The Morgan fingerprint density at radius 2 is 1.86 bits per heavy atom. The van der Waals surface area contributed by atoms with Gasteiger partial charge in [-0.05, 0) is 30.9 Å². The highest BCUT2D eigenvalue weighted by Crippen LogP contribution is 2.36. The Morgan fingerprint density at radius 3 is 2.54 bits per heavy atom. The summed E-state index contributed by atoms with van der Waals surface area (Å²) in [7, 11) is 0.429. The molecular formula is C25H28N6O4S2. The number of azo groups is 1. The Bertz CT molecular complexity index is 1400. The van der Waals surface area contributed by atoms with Crippen LogP contribution in [-0.2, 0) is 26.6 Å². The van der Waals surface area contributed by atoms with Crippen molar-refractivity contribution in [3.05, 3.63) is 59.5 Å². The molecule has 1 heterocycles. The summed E-state index contributed by atoms with van der Waals surface area (Å²) < 4.78 is 38.3. The number of hydrogen-bond donors (Lipinski definition) is 3. The van der Waals surface area contributed by atoms with Crippen LogP contribution in [-0.4, -0.2) is 50.5 Å². The molecule has 0 aliphatic carbocycles. The van der Waals surface area contributed by atoms with Gasteiger partial charge in [0.1, 0.15) is 17.6 Å². The van der Waals surface area contributed by atoms with Gasteiger partial charge in [-0.25, -0.2) is 9.19 Å². The van der Waals surface area contributed by atoms with Crippen molar-refractivity contribution < 1.29 is 17.7 Å². The maximum Gasteiger partial charge on any atom is 0.187 e. The van der Waals surface area contributed by atoms with Crippen LogP contribution in [0.25, 0.3) is 10.8 Å². The van der Waals surface area contributed by atoms with Crippen molar-refractivity contribution in [2.75, 3.05) is 43.2 Å². The molecule has 0 amide bonds. The monoisotopic (exact) mass is 540 g/mol. The predicted octanol–water partition coefficient (Wildman–Crippen LogP) is 5.16. The summed E-state index contributed by atoms with van der Waals surface area (Å²) in [4.78, 5) is 4.88. The molecule has 12 heteroatoms. The van der Waals surface area contributed by atoms with Gasteiger partial charge in [0, 0.05) is 59.7 Å². The van der Waals surface area contributed by atoms with Crippen molar-refractivity contribution in [2.24, 2.45) is 10.2 Å². The van der Waals surface area contributed by atoms with E-state index in [9.17, 15) is 18.2 Å². The minimum atomic E-state index is -2.15. The number of benzene rings is 2. The normalized spacial score (nSPS) is 12.8. The lowest BCUT2D eigenvalue weighted by molar-refractivity contribution is 0.198. The topological polar surface area (TPSA) is 149 Å². The molecular weight excluding hydrogens is 512 g/mol. The van der Waals surface area contributed by atoms with E-state index in [1.165, 1.54) is 11.5 Å². The van der Waals surface area contributed by atoms with Gasteiger partial charge in [0.05, 0.1) is 16.1 Å². The Morgan fingerprint density at radius 1 is 1.14 bits per heavy atom. The molecule has 0 saturated carbocycles. The lowest BCUT2D eigenvalue weighted by atomic mass is 10.1. The van der Waals surface area contributed by atoms with Crippen LogP contribution in [0.1, 0.15) is 17.5 Å². The largest absolute Gasteiger partial charge is 0.385 e. The smallest absolute Gasteiger partial charge is 0.187 e. The number of nitriles is 1. The molecule has 0 radical (unpaired) electrons. The Hall–Kier alpha value is -3.50. The molecule has 10 nitrogen and oxygen atoms in total. The molecule has 0 spiro atoms. The highest BCUT2D eigenvalue weighted by Gasteiger charge is 2.18. The van der Waals surface area contributed by atoms with E-state index in [4.69, 9.17) is 4.74 Å². The lowest BCUT2D eigenvalue weighted by Gasteiger charge is -2.15. The molecule has 194 valence electrons. The first-order valence-corrected chi connectivity index (χ1v) is 13.9. The standard InChI is InChI=1S/C25H28N6O4S2/c1-4-36(32)15-13-28-25-23(17(2)20(16-26)24(29-25)27-12-7-14-35-3)31-30-21-10-11-22(37(33)34)19-9-6-5-8-18(19)21/h4-6,8-11H,1,7,12-15H2,2-3H3,(H,33,34)(H2,27,28,29). The van der Waals surface area contributed by atoms with Crippen LogP contribution in [0, 0.1) is 18.3 Å². The second kappa shape index (κ2) is 13.7. The van der Waals surface area contributed by atoms with E-state index in [-0.39, 0.29) is 4.90 Å².